The van der Waals surface area contributed by atoms with Crippen molar-refractivity contribution in [1.29, 1.82) is 0 Å². The van der Waals surface area contributed by atoms with Crippen LogP contribution in [-0.2, 0) is 0 Å². The molecule has 0 atom stereocenters. The third-order valence-corrected chi connectivity index (χ3v) is 5.29. The fourth-order valence-electron chi connectivity index (χ4n) is 3.26. The molecule has 0 aromatic heterocycles. The SMILES string of the molecule is O=C(NC[C@]1(O)CC[C@H](COc2ccc(Cl)cc2)CC1)c1ccc(O)cc1. The number of halogens is 1. The molecule has 2 aromatic rings. The topological polar surface area (TPSA) is 78.8 Å². The van der Waals surface area contributed by atoms with Crippen molar-refractivity contribution < 1.29 is 19.7 Å². The summed E-state index contributed by atoms with van der Waals surface area (Å²) >= 11 is 5.87. The Hall–Kier alpha value is -2.24. The average molecular weight is 390 g/mol. The molecule has 1 aliphatic rings. The number of nitrogens with one attached hydrogen (secondary N) is 1. The third-order valence-electron chi connectivity index (χ3n) is 5.04. The van der Waals surface area contributed by atoms with Crippen LogP contribution in [0.5, 0.6) is 11.5 Å². The predicted octanol–water partition coefficient (Wildman–Crippen LogP) is 3.78. The number of rotatable bonds is 6. The summed E-state index contributed by atoms with van der Waals surface area (Å²) in [7, 11) is 0. The zero-order valence-corrected chi connectivity index (χ0v) is 15.8. The normalized spacial score (nSPS) is 22.2. The molecule has 144 valence electrons. The zero-order valence-electron chi connectivity index (χ0n) is 15.0. The van der Waals surface area contributed by atoms with Crippen LogP contribution in [0.15, 0.2) is 48.5 Å². The number of benzene rings is 2. The van der Waals surface area contributed by atoms with Gasteiger partial charge in [-0.25, -0.2) is 0 Å². The first-order valence-electron chi connectivity index (χ1n) is 9.11. The van der Waals surface area contributed by atoms with E-state index in [1.807, 2.05) is 12.1 Å². The maximum Gasteiger partial charge on any atom is 0.251 e. The van der Waals surface area contributed by atoms with Crippen molar-refractivity contribution in [2.24, 2.45) is 5.92 Å². The van der Waals surface area contributed by atoms with Crippen molar-refractivity contribution in [3.05, 3.63) is 59.1 Å². The van der Waals surface area contributed by atoms with Crippen LogP contribution in [0, 0.1) is 5.92 Å². The van der Waals surface area contributed by atoms with Crippen molar-refractivity contribution in [3.8, 4) is 11.5 Å². The van der Waals surface area contributed by atoms with Gasteiger partial charge in [-0.2, -0.15) is 0 Å². The number of aliphatic hydroxyl groups is 1. The van der Waals surface area contributed by atoms with Gasteiger partial charge in [0.1, 0.15) is 11.5 Å². The number of carbonyl (C=O) groups is 1. The Morgan fingerprint density at radius 2 is 1.74 bits per heavy atom. The molecule has 0 spiro atoms. The van der Waals surface area contributed by atoms with Crippen molar-refractivity contribution in [3.63, 3.8) is 0 Å². The molecular weight excluding hydrogens is 366 g/mol. The fraction of sp³-hybridized carbons (Fsp3) is 0.381. The first-order chi connectivity index (χ1) is 12.9. The van der Waals surface area contributed by atoms with Gasteiger partial charge in [-0.1, -0.05) is 11.6 Å². The number of amides is 1. The zero-order chi connectivity index (χ0) is 19.3. The average Bonchev–Trinajstić information content (AvgIpc) is 2.68. The lowest BCUT2D eigenvalue weighted by atomic mass is 9.79. The fourth-order valence-corrected chi connectivity index (χ4v) is 3.39. The highest BCUT2D eigenvalue weighted by molar-refractivity contribution is 6.30. The molecule has 0 saturated heterocycles. The van der Waals surface area contributed by atoms with Crippen LogP contribution in [0.4, 0.5) is 0 Å². The number of hydrogen-bond donors (Lipinski definition) is 3. The van der Waals surface area contributed by atoms with Gasteiger partial charge in [0.15, 0.2) is 0 Å². The molecule has 5 nitrogen and oxygen atoms in total. The largest absolute Gasteiger partial charge is 0.508 e. The number of phenolic OH excluding ortho intramolecular Hbond substituents is 1. The molecule has 1 saturated carbocycles. The Kier molecular flexibility index (Phi) is 6.24. The Bertz CT molecular complexity index is 753. The summed E-state index contributed by atoms with van der Waals surface area (Å²) in [4.78, 5) is 12.2. The van der Waals surface area contributed by atoms with E-state index < -0.39 is 5.60 Å². The van der Waals surface area contributed by atoms with E-state index in [1.165, 1.54) is 12.1 Å². The second-order valence-electron chi connectivity index (χ2n) is 7.16. The lowest BCUT2D eigenvalue weighted by Gasteiger charge is -2.36. The van der Waals surface area contributed by atoms with Gasteiger partial charge < -0.3 is 20.3 Å². The van der Waals surface area contributed by atoms with E-state index in [1.54, 1.807) is 24.3 Å². The van der Waals surface area contributed by atoms with Crippen LogP contribution in [0.2, 0.25) is 5.02 Å². The molecule has 0 aliphatic heterocycles. The van der Waals surface area contributed by atoms with Crippen molar-refractivity contribution in [2.75, 3.05) is 13.2 Å². The van der Waals surface area contributed by atoms with Crippen LogP contribution in [-0.4, -0.2) is 34.9 Å². The van der Waals surface area contributed by atoms with Gasteiger partial charge in [-0.05, 0) is 80.1 Å². The van der Waals surface area contributed by atoms with Gasteiger partial charge >= 0.3 is 0 Å². The summed E-state index contributed by atoms with van der Waals surface area (Å²) < 4.78 is 5.80. The molecule has 3 rings (SSSR count). The Morgan fingerprint density at radius 1 is 1.11 bits per heavy atom. The smallest absolute Gasteiger partial charge is 0.251 e. The summed E-state index contributed by atoms with van der Waals surface area (Å²) in [5.41, 5.74) is -0.426. The molecule has 6 heteroatoms. The van der Waals surface area contributed by atoms with Gasteiger partial charge in [0.2, 0.25) is 0 Å². The van der Waals surface area contributed by atoms with Gasteiger partial charge in [0, 0.05) is 17.1 Å². The highest BCUT2D eigenvalue weighted by Crippen LogP contribution is 2.32. The van der Waals surface area contributed by atoms with Crippen molar-refractivity contribution >= 4 is 17.5 Å². The van der Waals surface area contributed by atoms with E-state index in [4.69, 9.17) is 16.3 Å². The number of phenols is 1. The van der Waals surface area contributed by atoms with E-state index in [9.17, 15) is 15.0 Å². The molecule has 0 heterocycles. The molecule has 3 N–H and O–H groups in total. The van der Waals surface area contributed by atoms with Gasteiger partial charge in [-0.3, -0.25) is 4.79 Å². The van der Waals surface area contributed by atoms with Crippen LogP contribution >= 0.6 is 11.6 Å². The van der Waals surface area contributed by atoms with Gasteiger partial charge in [0.25, 0.3) is 5.91 Å². The number of ether oxygens (including phenoxy) is 1. The third kappa shape index (κ3) is 5.62. The Labute approximate surface area is 163 Å². The Morgan fingerprint density at radius 3 is 2.37 bits per heavy atom. The molecule has 27 heavy (non-hydrogen) atoms. The second kappa shape index (κ2) is 8.63. The second-order valence-corrected chi connectivity index (χ2v) is 7.60. The molecule has 0 radical (unpaired) electrons. The quantitative estimate of drug-likeness (QED) is 0.702. The molecule has 2 aromatic carbocycles. The van der Waals surface area contributed by atoms with Crippen LogP contribution in [0.25, 0.3) is 0 Å². The summed E-state index contributed by atoms with van der Waals surface area (Å²) in [6, 6.07) is 13.3. The van der Waals surface area contributed by atoms with Crippen molar-refractivity contribution in [2.45, 2.75) is 31.3 Å². The van der Waals surface area contributed by atoms with E-state index in [-0.39, 0.29) is 18.2 Å². The summed E-state index contributed by atoms with van der Waals surface area (Å²) in [6.45, 7) is 0.828. The standard InChI is InChI=1S/C21H24ClNO4/c22-17-3-7-19(8-4-17)27-13-15-9-11-21(26,12-10-15)14-23-20(25)16-1-5-18(24)6-2-16/h1-8,15,24,26H,9-14H2,(H,23,25)/t15-,21-. The number of hydrogen-bond acceptors (Lipinski definition) is 4. The maximum atomic E-state index is 12.2. The first-order valence-corrected chi connectivity index (χ1v) is 9.49. The van der Waals surface area contributed by atoms with E-state index in [0.717, 1.165) is 18.6 Å². The van der Waals surface area contributed by atoms with Gasteiger partial charge in [-0.15, -0.1) is 0 Å². The molecular formula is C21H24ClNO4. The van der Waals surface area contributed by atoms with E-state index >= 15 is 0 Å². The van der Waals surface area contributed by atoms with E-state index in [0.29, 0.717) is 36.0 Å². The highest BCUT2D eigenvalue weighted by atomic mass is 35.5. The van der Waals surface area contributed by atoms with Crippen LogP contribution in [0.1, 0.15) is 36.0 Å². The highest BCUT2D eigenvalue weighted by Gasteiger charge is 2.33. The molecule has 1 amide bonds. The number of aromatic hydroxyl groups is 1. The lowest BCUT2D eigenvalue weighted by Crippen LogP contribution is -2.45. The summed E-state index contributed by atoms with van der Waals surface area (Å²) in [5.74, 6) is 1.04. The monoisotopic (exact) mass is 389 g/mol. The molecule has 0 bridgehead atoms. The van der Waals surface area contributed by atoms with E-state index in [2.05, 4.69) is 5.32 Å². The molecule has 1 fully saturated rings. The predicted molar refractivity (Wildman–Crippen MR) is 104 cm³/mol. The minimum atomic E-state index is -0.886. The van der Waals surface area contributed by atoms with Crippen LogP contribution < -0.4 is 10.1 Å². The maximum absolute atomic E-state index is 12.2. The molecule has 1 aliphatic carbocycles. The van der Waals surface area contributed by atoms with Crippen molar-refractivity contribution in [1.82, 2.24) is 5.32 Å². The van der Waals surface area contributed by atoms with Gasteiger partial charge in [0.05, 0.1) is 12.2 Å². The number of carbonyl (C=O) groups excluding carboxylic acids is 1. The summed E-state index contributed by atoms with van der Waals surface area (Å²) in [6.07, 6.45) is 2.94. The minimum absolute atomic E-state index is 0.115. The first kappa shape index (κ1) is 19.5. The summed E-state index contributed by atoms with van der Waals surface area (Å²) in [5, 5.41) is 23.5. The lowest BCUT2D eigenvalue weighted by molar-refractivity contribution is -0.0129. The molecule has 0 unspecified atom stereocenters. The Balaban J connectivity index is 1.42. The minimum Gasteiger partial charge on any atom is -0.508 e. The van der Waals surface area contributed by atoms with Crippen LogP contribution in [0.3, 0.4) is 0 Å².